The molecule has 0 amide bonds. The molecule has 20 heavy (non-hydrogen) atoms. The largest absolute Gasteiger partial charge is 0.451 e. The molecule has 2 aromatic rings. The first kappa shape index (κ1) is 14.4. The van der Waals surface area contributed by atoms with Gasteiger partial charge in [0.1, 0.15) is 11.0 Å². The molecule has 1 aromatic heterocycles. The van der Waals surface area contributed by atoms with Crippen LogP contribution in [0.25, 0.3) is 0 Å². The molecule has 3 nitrogen and oxygen atoms in total. The van der Waals surface area contributed by atoms with Crippen LogP contribution >= 0.6 is 11.6 Å². The van der Waals surface area contributed by atoms with Crippen LogP contribution in [0.5, 0.6) is 11.6 Å². The number of hydrogen-bond donors (Lipinski definition) is 0. The molecule has 0 aliphatic heterocycles. The van der Waals surface area contributed by atoms with Crippen LogP contribution in [0.1, 0.15) is 5.82 Å². The Labute approximate surface area is 114 Å². The van der Waals surface area contributed by atoms with E-state index in [1.165, 1.54) is 0 Å². The summed E-state index contributed by atoms with van der Waals surface area (Å²) in [5.74, 6) is -4.60. The molecule has 0 saturated heterocycles. The summed E-state index contributed by atoms with van der Waals surface area (Å²) in [5, 5.41) is -0.542. The minimum absolute atomic E-state index is 0.542. The van der Waals surface area contributed by atoms with Crippen molar-refractivity contribution in [2.24, 2.45) is 0 Å². The average molecular weight is 311 g/mol. The summed E-state index contributed by atoms with van der Waals surface area (Å²) in [4.78, 5) is 6.01. The van der Waals surface area contributed by atoms with Crippen molar-refractivity contribution in [1.82, 2.24) is 9.97 Å². The van der Waals surface area contributed by atoms with E-state index >= 15 is 0 Å². The van der Waals surface area contributed by atoms with Crippen molar-refractivity contribution in [3.8, 4) is 11.6 Å². The van der Waals surface area contributed by atoms with E-state index in [-0.39, 0.29) is 0 Å². The fourth-order valence-corrected chi connectivity index (χ4v) is 1.42. The lowest BCUT2D eigenvalue weighted by atomic mass is 10.3. The molecule has 0 aliphatic carbocycles. The molecule has 0 bridgehead atoms. The zero-order chi connectivity index (χ0) is 14.9. The van der Waals surface area contributed by atoms with Crippen LogP contribution in [0, 0.1) is 11.6 Å². The minimum atomic E-state index is -4.84. The fraction of sp³-hybridized carbons (Fsp3) is 0.0909. The highest BCUT2D eigenvalue weighted by molar-refractivity contribution is 6.29. The van der Waals surface area contributed by atoms with Gasteiger partial charge in [-0.05, 0) is 12.1 Å². The van der Waals surface area contributed by atoms with E-state index in [1.54, 1.807) is 0 Å². The van der Waals surface area contributed by atoms with Crippen LogP contribution in [0.15, 0.2) is 24.3 Å². The second kappa shape index (κ2) is 5.20. The number of nitrogens with zero attached hydrogens (tertiary/aromatic N) is 2. The summed E-state index contributed by atoms with van der Waals surface area (Å²) >= 11 is 5.39. The van der Waals surface area contributed by atoms with E-state index < -0.39 is 40.4 Å². The molecule has 0 atom stereocenters. The number of benzene rings is 1. The van der Waals surface area contributed by atoms with Gasteiger partial charge in [0.25, 0.3) is 0 Å². The minimum Gasteiger partial charge on any atom is -0.436 e. The molecule has 0 fully saturated rings. The Bertz CT molecular complexity index is 647. The Balaban J connectivity index is 2.39. The zero-order valence-corrected chi connectivity index (χ0v) is 10.1. The first-order chi connectivity index (χ1) is 9.25. The van der Waals surface area contributed by atoms with Crippen molar-refractivity contribution in [2.75, 3.05) is 0 Å². The molecule has 106 valence electrons. The maximum Gasteiger partial charge on any atom is 0.451 e. The van der Waals surface area contributed by atoms with Gasteiger partial charge in [-0.2, -0.15) is 18.2 Å². The average Bonchev–Trinajstić information content (AvgIpc) is 2.32. The van der Waals surface area contributed by atoms with Gasteiger partial charge in [0.2, 0.25) is 11.7 Å². The summed E-state index contributed by atoms with van der Waals surface area (Å²) in [5.41, 5.74) is 0. The van der Waals surface area contributed by atoms with Gasteiger partial charge in [-0.15, -0.1) is 0 Å². The van der Waals surface area contributed by atoms with Gasteiger partial charge in [0, 0.05) is 12.1 Å². The second-order valence-corrected chi connectivity index (χ2v) is 3.91. The highest BCUT2D eigenvalue weighted by Gasteiger charge is 2.35. The standard InChI is InChI=1S/C11H4ClF5N2O/c12-8-4-9(19-10(18-8)11(15,16)17)20-7-3-5(13)1-2-6(7)14/h1-4H. The predicted molar refractivity (Wildman–Crippen MR) is 58.5 cm³/mol. The van der Waals surface area contributed by atoms with Crippen molar-refractivity contribution in [3.05, 3.63) is 46.9 Å². The summed E-state index contributed by atoms with van der Waals surface area (Å²) in [6.45, 7) is 0. The monoisotopic (exact) mass is 310 g/mol. The normalized spacial score (nSPS) is 11.5. The van der Waals surface area contributed by atoms with Crippen LogP contribution in [0.4, 0.5) is 22.0 Å². The molecule has 0 aliphatic rings. The summed E-state index contributed by atoms with van der Waals surface area (Å²) in [6, 6.07) is 3.11. The molecule has 0 radical (unpaired) electrons. The molecule has 0 spiro atoms. The van der Waals surface area contributed by atoms with Crippen molar-refractivity contribution in [1.29, 1.82) is 0 Å². The van der Waals surface area contributed by atoms with E-state index in [9.17, 15) is 22.0 Å². The number of halogens is 6. The third-order valence-electron chi connectivity index (χ3n) is 2.03. The maximum absolute atomic E-state index is 13.3. The number of aromatic nitrogens is 2. The maximum atomic E-state index is 13.3. The Hall–Kier alpha value is -1.96. The fourth-order valence-electron chi connectivity index (χ4n) is 1.24. The third kappa shape index (κ3) is 3.32. The van der Waals surface area contributed by atoms with Crippen molar-refractivity contribution >= 4 is 11.6 Å². The zero-order valence-electron chi connectivity index (χ0n) is 9.38. The molecule has 0 N–H and O–H groups in total. The molecular formula is C11H4ClF5N2O. The van der Waals surface area contributed by atoms with E-state index in [1.807, 2.05) is 0 Å². The topological polar surface area (TPSA) is 35.0 Å². The van der Waals surface area contributed by atoms with Gasteiger partial charge in [-0.1, -0.05) is 11.6 Å². The number of ether oxygens (including phenoxy) is 1. The van der Waals surface area contributed by atoms with Crippen molar-refractivity contribution in [3.63, 3.8) is 0 Å². The van der Waals surface area contributed by atoms with Crippen LogP contribution < -0.4 is 4.74 Å². The summed E-state index contributed by atoms with van der Waals surface area (Å²) in [6.07, 6.45) is -4.84. The lowest BCUT2D eigenvalue weighted by molar-refractivity contribution is -0.145. The van der Waals surface area contributed by atoms with Crippen LogP contribution in [-0.4, -0.2) is 9.97 Å². The lowest BCUT2D eigenvalue weighted by Gasteiger charge is -2.09. The van der Waals surface area contributed by atoms with E-state index in [4.69, 9.17) is 16.3 Å². The Morgan fingerprint density at radius 2 is 1.75 bits per heavy atom. The van der Waals surface area contributed by atoms with Gasteiger partial charge in [0.05, 0.1) is 0 Å². The van der Waals surface area contributed by atoms with Crippen LogP contribution in [-0.2, 0) is 6.18 Å². The summed E-state index contributed by atoms with van der Waals surface area (Å²) < 4.78 is 68.3. The molecule has 1 aromatic carbocycles. The van der Waals surface area contributed by atoms with Crippen LogP contribution in [0.2, 0.25) is 5.15 Å². The van der Waals surface area contributed by atoms with Gasteiger partial charge < -0.3 is 4.74 Å². The lowest BCUT2D eigenvalue weighted by Crippen LogP contribution is -2.11. The van der Waals surface area contributed by atoms with Crippen molar-refractivity contribution < 1.29 is 26.7 Å². The van der Waals surface area contributed by atoms with Gasteiger partial charge in [-0.25, -0.2) is 13.8 Å². The predicted octanol–water partition coefficient (Wildman–Crippen LogP) is 4.22. The number of hydrogen-bond acceptors (Lipinski definition) is 3. The highest BCUT2D eigenvalue weighted by atomic mass is 35.5. The molecule has 0 saturated carbocycles. The van der Waals surface area contributed by atoms with Crippen molar-refractivity contribution in [2.45, 2.75) is 6.18 Å². The quantitative estimate of drug-likeness (QED) is 0.615. The van der Waals surface area contributed by atoms with Gasteiger partial charge >= 0.3 is 6.18 Å². The smallest absolute Gasteiger partial charge is 0.436 e. The highest BCUT2D eigenvalue weighted by Crippen LogP contribution is 2.31. The Morgan fingerprint density at radius 3 is 2.40 bits per heavy atom. The molecule has 0 unspecified atom stereocenters. The van der Waals surface area contributed by atoms with E-state index in [2.05, 4.69) is 9.97 Å². The van der Waals surface area contributed by atoms with E-state index in [0.29, 0.717) is 6.07 Å². The summed E-state index contributed by atoms with van der Waals surface area (Å²) in [7, 11) is 0. The molecule has 9 heteroatoms. The third-order valence-corrected chi connectivity index (χ3v) is 2.23. The molecule has 2 rings (SSSR count). The molecular weight excluding hydrogens is 307 g/mol. The van der Waals surface area contributed by atoms with E-state index in [0.717, 1.165) is 18.2 Å². The van der Waals surface area contributed by atoms with Crippen LogP contribution in [0.3, 0.4) is 0 Å². The number of rotatable bonds is 2. The first-order valence-corrected chi connectivity index (χ1v) is 5.38. The Morgan fingerprint density at radius 1 is 1.05 bits per heavy atom. The first-order valence-electron chi connectivity index (χ1n) is 5.00. The Kier molecular flexibility index (Phi) is 3.76. The SMILES string of the molecule is Fc1ccc(F)c(Oc2cc(Cl)nc(C(F)(F)F)n2)c1. The van der Waals surface area contributed by atoms with Gasteiger partial charge in [0.15, 0.2) is 11.6 Å². The molecule has 1 heterocycles. The second-order valence-electron chi connectivity index (χ2n) is 3.53. The van der Waals surface area contributed by atoms with Gasteiger partial charge in [-0.3, -0.25) is 0 Å². The number of alkyl halides is 3.